The number of carbonyl (C=O) groups is 1. The molecule has 0 fully saturated rings. The highest BCUT2D eigenvalue weighted by atomic mass is 16.2. The molecule has 1 amide bonds. The van der Waals surface area contributed by atoms with Gasteiger partial charge in [0.2, 0.25) is 5.91 Å². The van der Waals surface area contributed by atoms with Crippen molar-refractivity contribution in [3.63, 3.8) is 0 Å². The Morgan fingerprint density at radius 2 is 1.69 bits per heavy atom. The average Bonchev–Trinajstić information content (AvgIpc) is 2.12. The van der Waals surface area contributed by atoms with Crippen molar-refractivity contribution in [2.45, 2.75) is 26.7 Å². The van der Waals surface area contributed by atoms with E-state index in [1.54, 1.807) is 19.0 Å². The zero-order valence-corrected chi connectivity index (χ0v) is 9.34. The molecule has 0 rings (SSSR count). The van der Waals surface area contributed by atoms with Crippen LogP contribution in [0.2, 0.25) is 0 Å². The van der Waals surface area contributed by atoms with E-state index in [1.807, 2.05) is 0 Å². The molecule has 0 bridgehead atoms. The molecule has 0 aromatic rings. The van der Waals surface area contributed by atoms with Gasteiger partial charge in [-0.1, -0.05) is 13.8 Å². The summed E-state index contributed by atoms with van der Waals surface area (Å²) in [5, 5.41) is 0. The van der Waals surface area contributed by atoms with Crippen LogP contribution in [0.3, 0.4) is 0 Å². The van der Waals surface area contributed by atoms with Crippen molar-refractivity contribution < 1.29 is 4.79 Å². The number of amides is 1. The minimum atomic E-state index is 0.229. The Kier molecular flexibility index (Phi) is 6.59. The largest absolute Gasteiger partial charge is 0.349 e. The molecule has 0 N–H and O–H groups in total. The van der Waals surface area contributed by atoms with Crippen molar-refractivity contribution >= 4 is 5.91 Å². The van der Waals surface area contributed by atoms with Crippen LogP contribution < -0.4 is 0 Å². The van der Waals surface area contributed by atoms with E-state index < -0.39 is 0 Å². The van der Waals surface area contributed by atoms with Crippen LogP contribution in [0.1, 0.15) is 26.7 Å². The number of carbonyl (C=O) groups excluding carboxylic acids is 1. The fraction of sp³-hybridized carbons (Fsp3) is 0.900. The van der Waals surface area contributed by atoms with Crippen LogP contribution in [-0.2, 0) is 4.79 Å². The zero-order valence-electron chi connectivity index (χ0n) is 9.34. The smallest absolute Gasteiger partial charge is 0.222 e. The molecule has 3 nitrogen and oxygen atoms in total. The van der Waals surface area contributed by atoms with Gasteiger partial charge in [-0.05, 0) is 26.1 Å². The highest BCUT2D eigenvalue weighted by Gasteiger charge is 2.04. The lowest BCUT2D eigenvalue weighted by atomic mass is 10.2. The first-order chi connectivity index (χ1) is 6.11. The second-order valence-electron chi connectivity index (χ2n) is 3.42. The normalized spacial score (nSPS) is 10.5. The zero-order chi connectivity index (χ0) is 10.3. The Bertz CT molecular complexity index is 142. The third-order valence-corrected chi connectivity index (χ3v) is 2.26. The van der Waals surface area contributed by atoms with E-state index in [2.05, 4.69) is 18.7 Å². The molecule has 13 heavy (non-hydrogen) atoms. The summed E-state index contributed by atoms with van der Waals surface area (Å²) < 4.78 is 0. The van der Waals surface area contributed by atoms with E-state index in [9.17, 15) is 4.79 Å². The van der Waals surface area contributed by atoms with Crippen molar-refractivity contribution in [3.8, 4) is 0 Å². The minimum absolute atomic E-state index is 0.229. The quantitative estimate of drug-likeness (QED) is 0.622. The lowest BCUT2D eigenvalue weighted by Crippen LogP contribution is -2.26. The van der Waals surface area contributed by atoms with Crippen LogP contribution in [-0.4, -0.2) is 49.4 Å². The van der Waals surface area contributed by atoms with Gasteiger partial charge >= 0.3 is 0 Å². The molecular formula is C10H22N2O. The summed E-state index contributed by atoms with van der Waals surface area (Å²) in [5.74, 6) is 0.229. The van der Waals surface area contributed by atoms with Gasteiger partial charge in [0.25, 0.3) is 0 Å². The van der Waals surface area contributed by atoms with Gasteiger partial charge < -0.3 is 9.80 Å². The second kappa shape index (κ2) is 6.89. The summed E-state index contributed by atoms with van der Waals surface area (Å²) in [6, 6.07) is 0. The SMILES string of the molecule is CCN(CC)CCCC(=O)N(C)C. The minimum Gasteiger partial charge on any atom is -0.349 e. The molecule has 0 aliphatic carbocycles. The van der Waals surface area contributed by atoms with Crippen molar-refractivity contribution in [1.82, 2.24) is 9.80 Å². The molecule has 0 aromatic carbocycles. The average molecular weight is 186 g/mol. The van der Waals surface area contributed by atoms with Crippen LogP contribution in [0.25, 0.3) is 0 Å². The molecule has 0 unspecified atom stereocenters. The lowest BCUT2D eigenvalue weighted by Gasteiger charge is -2.18. The fourth-order valence-electron chi connectivity index (χ4n) is 1.22. The molecule has 0 radical (unpaired) electrons. The monoisotopic (exact) mass is 186 g/mol. The Labute approximate surface area is 81.7 Å². The Morgan fingerprint density at radius 1 is 1.15 bits per heavy atom. The number of hydrogen-bond acceptors (Lipinski definition) is 2. The molecular weight excluding hydrogens is 164 g/mol. The highest BCUT2D eigenvalue weighted by molar-refractivity contribution is 5.75. The maximum absolute atomic E-state index is 11.2. The molecule has 78 valence electrons. The topological polar surface area (TPSA) is 23.6 Å². The molecule has 0 aromatic heterocycles. The first-order valence-corrected chi connectivity index (χ1v) is 5.04. The molecule has 0 saturated heterocycles. The van der Waals surface area contributed by atoms with Gasteiger partial charge in [-0.3, -0.25) is 4.79 Å². The lowest BCUT2D eigenvalue weighted by molar-refractivity contribution is -0.128. The number of nitrogens with zero attached hydrogens (tertiary/aromatic N) is 2. The Morgan fingerprint density at radius 3 is 2.08 bits per heavy atom. The second-order valence-corrected chi connectivity index (χ2v) is 3.42. The van der Waals surface area contributed by atoms with Crippen LogP contribution >= 0.6 is 0 Å². The van der Waals surface area contributed by atoms with Gasteiger partial charge in [0.1, 0.15) is 0 Å². The summed E-state index contributed by atoms with van der Waals surface area (Å²) in [6.07, 6.45) is 1.64. The van der Waals surface area contributed by atoms with Gasteiger partial charge in [0, 0.05) is 20.5 Å². The van der Waals surface area contributed by atoms with Crippen molar-refractivity contribution in [3.05, 3.63) is 0 Å². The van der Waals surface area contributed by atoms with E-state index in [-0.39, 0.29) is 5.91 Å². The summed E-state index contributed by atoms with van der Waals surface area (Å²) in [5.41, 5.74) is 0. The summed E-state index contributed by atoms with van der Waals surface area (Å²) in [4.78, 5) is 15.2. The molecule has 0 aliphatic heterocycles. The predicted molar refractivity (Wildman–Crippen MR) is 55.7 cm³/mol. The number of rotatable bonds is 6. The third-order valence-electron chi connectivity index (χ3n) is 2.26. The van der Waals surface area contributed by atoms with Crippen LogP contribution in [0.4, 0.5) is 0 Å². The van der Waals surface area contributed by atoms with Crippen LogP contribution in [0.5, 0.6) is 0 Å². The van der Waals surface area contributed by atoms with Gasteiger partial charge in [-0.25, -0.2) is 0 Å². The molecule has 0 saturated carbocycles. The Balaban J connectivity index is 3.49. The summed E-state index contributed by atoms with van der Waals surface area (Å²) in [6.45, 7) is 7.49. The van der Waals surface area contributed by atoms with Crippen molar-refractivity contribution in [1.29, 1.82) is 0 Å². The van der Waals surface area contributed by atoms with Crippen LogP contribution in [0.15, 0.2) is 0 Å². The molecule has 0 atom stereocenters. The molecule has 3 heteroatoms. The van der Waals surface area contributed by atoms with Gasteiger partial charge in [-0.15, -0.1) is 0 Å². The van der Waals surface area contributed by atoms with Gasteiger partial charge in [0.15, 0.2) is 0 Å². The molecule has 0 spiro atoms. The first-order valence-electron chi connectivity index (χ1n) is 5.04. The van der Waals surface area contributed by atoms with Gasteiger partial charge in [-0.2, -0.15) is 0 Å². The number of hydrogen-bond donors (Lipinski definition) is 0. The fourth-order valence-corrected chi connectivity index (χ4v) is 1.22. The van der Waals surface area contributed by atoms with E-state index in [0.29, 0.717) is 6.42 Å². The first kappa shape index (κ1) is 12.4. The van der Waals surface area contributed by atoms with E-state index in [4.69, 9.17) is 0 Å². The van der Waals surface area contributed by atoms with Crippen LogP contribution in [0, 0.1) is 0 Å². The molecule has 0 aliphatic rings. The standard InChI is InChI=1S/C10H22N2O/c1-5-12(6-2)9-7-8-10(13)11(3)4/h5-9H2,1-4H3. The summed E-state index contributed by atoms with van der Waals surface area (Å²) in [7, 11) is 3.61. The summed E-state index contributed by atoms with van der Waals surface area (Å²) >= 11 is 0. The van der Waals surface area contributed by atoms with E-state index in [0.717, 1.165) is 26.1 Å². The van der Waals surface area contributed by atoms with E-state index in [1.165, 1.54) is 0 Å². The maximum Gasteiger partial charge on any atom is 0.222 e. The molecule has 0 heterocycles. The highest BCUT2D eigenvalue weighted by Crippen LogP contribution is 1.97. The van der Waals surface area contributed by atoms with Crippen molar-refractivity contribution in [2.75, 3.05) is 33.7 Å². The predicted octanol–water partition coefficient (Wildman–Crippen LogP) is 1.20. The third kappa shape index (κ3) is 5.64. The van der Waals surface area contributed by atoms with Crippen molar-refractivity contribution in [2.24, 2.45) is 0 Å². The van der Waals surface area contributed by atoms with Gasteiger partial charge in [0.05, 0.1) is 0 Å². The Hall–Kier alpha value is -0.570. The van der Waals surface area contributed by atoms with E-state index >= 15 is 0 Å². The maximum atomic E-state index is 11.2.